The number of aliphatic hydroxyl groups excluding tert-OH is 1. The summed E-state index contributed by atoms with van der Waals surface area (Å²) in [6, 6.07) is 7.95. The van der Waals surface area contributed by atoms with Crippen molar-refractivity contribution in [1.82, 2.24) is 0 Å². The monoisotopic (exact) mass is 256 g/mol. The molecule has 0 radical (unpaired) electrons. The molecule has 16 heavy (non-hydrogen) atoms. The Bertz CT molecular complexity index is 342. The van der Waals surface area contributed by atoms with Crippen molar-refractivity contribution in [1.29, 1.82) is 0 Å². The topological polar surface area (TPSA) is 20.2 Å². The minimum Gasteiger partial charge on any atom is -0.392 e. The summed E-state index contributed by atoms with van der Waals surface area (Å²) < 4.78 is 0. The molecule has 1 aromatic carbocycles. The summed E-state index contributed by atoms with van der Waals surface area (Å²) in [5, 5.41) is 11.1. The van der Waals surface area contributed by atoms with Crippen molar-refractivity contribution in [2.45, 2.75) is 42.8 Å². The largest absolute Gasteiger partial charge is 0.392 e. The van der Waals surface area contributed by atoms with Gasteiger partial charge in [0.1, 0.15) is 0 Å². The van der Waals surface area contributed by atoms with Gasteiger partial charge in [0.15, 0.2) is 0 Å². The fourth-order valence-corrected chi connectivity index (χ4v) is 3.70. The first kappa shape index (κ1) is 12.3. The highest BCUT2D eigenvalue weighted by Gasteiger charge is 2.23. The van der Waals surface area contributed by atoms with Gasteiger partial charge in [-0.05, 0) is 24.5 Å². The molecule has 0 spiro atoms. The Morgan fingerprint density at radius 2 is 2.00 bits per heavy atom. The molecule has 1 aliphatic carbocycles. The molecule has 0 bridgehead atoms. The molecule has 0 unspecified atom stereocenters. The van der Waals surface area contributed by atoms with Gasteiger partial charge in [-0.15, -0.1) is 0 Å². The predicted octanol–water partition coefficient (Wildman–Crippen LogP) is 3.88. The third kappa shape index (κ3) is 3.16. The maximum absolute atomic E-state index is 9.86. The van der Waals surface area contributed by atoms with Crippen molar-refractivity contribution in [2.24, 2.45) is 0 Å². The van der Waals surface area contributed by atoms with Crippen LogP contribution in [0.3, 0.4) is 0 Å². The van der Waals surface area contributed by atoms with Crippen LogP contribution in [0.15, 0.2) is 24.3 Å². The van der Waals surface area contributed by atoms with Crippen LogP contribution in [0, 0.1) is 0 Å². The molecule has 0 amide bonds. The Labute approximate surface area is 106 Å². The van der Waals surface area contributed by atoms with Gasteiger partial charge in [-0.2, -0.15) is 11.8 Å². The van der Waals surface area contributed by atoms with Crippen LogP contribution in [0.5, 0.6) is 0 Å². The molecule has 3 heteroatoms. The molecule has 1 aromatic rings. The van der Waals surface area contributed by atoms with E-state index in [0.29, 0.717) is 5.25 Å². The Morgan fingerprint density at radius 1 is 1.25 bits per heavy atom. The second-order valence-electron chi connectivity index (χ2n) is 4.29. The third-order valence-corrected chi connectivity index (χ3v) is 4.90. The second-order valence-corrected chi connectivity index (χ2v) is 5.93. The van der Waals surface area contributed by atoms with Crippen LogP contribution in [0.25, 0.3) is 0 Å². The number of hydrogen-bond acceptors (Lipinski definition) is 2. The highest BCUT2D eigenvalue weighted by molar-refractivity contribution is 7.99. The molecule has 1 N–H and O–H groups in total. The molecular formula is C13H17ClOS. The van der Waals surface area contributed by atoms with E-state index in [-0.39, 0.29) is 6.10 Å². The zero-order valence-corrected chi connectivity index (χ0v) is 10.8. The Hall–Kier alpha value is -0.180. The zero-order valence-electron chi connectivity index (χ0n) is 9.23. The molecule has 0 heterocycles. The van der Waals surface area contributed by atoms with E-state index in [9.17, 15) is 5.11 Å². The van der Waals surface area contributed by atoms with Crippen LogP contribution in [-0.4, -0.2) is 16.5 Å². The van der Waals surface area contributed by atoms with Gasteiger partial charge in [0.25, 0.3) is 0 Å². The quantitative estimate of drug-likeness (QED) is 0.886. The lowest BCUT2D eigenvalue weighted by molar-refractivity contribution is 0.137. The normalized spacial score (nSPS) is 25.6. The molecule has 88 valence electrons. The van der Waals surface area contributed by atoms with E-state index in [0.717, 1.165) is 23.6 Å². The summed E-state index contributed by atoms with van der Waals surface area (Å²) in [5.41, 5.74) is 1.17. The molecule has 2 atom stereocenters. The molecule has 2 rings (SSSR count). The Kier molecular flexibility index (Phi) is 4.56. The first-order valence-corrected chi connectivity index (χ1v) is 7.23. The van der Waals surface area contributed by atoms with Crippen LogP contribution in [0.4, 0.5) is 0 Å². The highest BCUT2D eigenvalue weighted by atomic mass is 35.5. The van der Waals surface area contributed by atoms with Gasteiger partial charge >= 0.3 is 0 Å². The molecule has 0 aromatic heterocycles. The van der Waals surface area contributed by atoms with Crippen molar-refractivity contribution in [3.05, 3.63) is 34.9 Å². The van der Waals surface area contributed by atoms with Crippen molar-refractivity contribution in [3.8, 4) is 0 Å². The smallest absolute Gasteiger partial charge is 0.0658 e. The van der Waals surface area contributed by atoms with Crippen LogP contribution in [0.1, 0.15) is 31.2 Å². The van der Waals surface area contributed by atoms with Crippen LogP contribution < -0.4 is 0 Å². The predicted molar refractivity (Wildman–Crippen MR) is 71.0 cm³/mol. The number of benzene rings is 1. The van der Waals surface area contributed by atoms with Crippen molar-refractivity contribution in [2.75, 3.05) is 0 Å². The number of aliphatic hydroxyl groups is 1. The molecule has 0 saturated heterocycles. The summed E-state index contributed by atoms with van der Waals surface area (Å²) in [7, 11) is 0. The summed E-state index contributed by atoms with van der Waals surface area (Å²) >= 11 is 7.94. The Morgan fingerprint density at radius 3 is 2.75 bits per heavy atom. The van der Waals surface area contributed by atoms with E-state index < -0.39 is 0 Å². The van der Waals surface area contributed by atoms with Crippen LogP contribution in [0.2, 0.25) is 5.02 Å². The first-order valence-electron chi connectivity index (χ1n) is 5.80. The molecule has 0 aliphatic heterocycles. The lowest BCUT2D eigenvalue weighted by Crippen LogP contribution is -2.26. The third-order valence-electron chi connectivity index (χ3n) is 3.08. The molecule has 1 nitrogen and oxygen atoms in total. The lowest BCUT2D eigenvalue weighted by Gasteiger charge is -2.27. The maximum atomic E-state index is 9.86. The van der Waals surface area contributed by atoms with E-state index in [4.69, 9.17) is 11.6 Å². The summed E-state index contributed by atoms with van der Waals surface area (Å²) in [6.45, 7) is 0. The van der Waals surface area contributed by atoms with Crippen molar-refractivity contribution in [3.63, 3.8) is 0 Å². The van der Waals surface area contributed by atoms with Gasteiger partial charge in [-0.25, -0.2) is 0 Å². The van der Waals surface area contributed by atoms with E-state index in [1.807, 2.05) is 30.0 Å². The minimum atomic E-state index is -0.124. The second kappa shape index (κ2) is 5.95. The summed E-state index contributed by atoms with van der Waals surface area (Å²) in [6.07, 6.45) is 4.39. The van der Waals surface area contributed by atoms with Gasteiger partial charge in [0.05, 0.1) is 6.10 Å². The number of thioether (sulfide) groups is 1. The zero-order chi connectivity index (χ0) is 11.4. The van der Waals surface area contributed by atoms with Gasteiger partial charge < -0.3 is 5.11 Å². The van der Waals surface area contributed by atoms with Crippen LogP contribution >= 0.6 is 23.4 Å². The maximum Gasteiger partial charge on any atom is 0.0658 e. The molecule has 1 fully saturated rings. The standard InChI is InChI=1S/C13H17ClOS/c14-11-6-2-1-5-10(11)9-16-13-8-4-3-7-12(13)15/h1-2,5-6,12-13,15H,3-4,7-9H2/t12-,13-/m1/s1. The fraction of sp³-hybridized carbons (Fsp3) is 0.538. The van der Waals surface area contributed by atoms with E-state index in [1.165, 1.54) is 18.4 Å². The first-order chi connectivity index (χ1) is 7.77. The average Bonchev–Trinajstić information content (AvgIpc) is 2.30. The highest BCUT2D eigenvalue weighted by Crippen LogP contribution is 2.32. The lowest BCUT2D eigenvalue weighted by atomic mass is 9.97. The van der Waals surface area contributed by atoms with Gasteiger partial charge in [0.2, 0.25) is 0 Å². The molecule has 1 saturated carbocycles. The number of hydrogen-bond donors (Lipinski definition) is 1. The van der Waals surface area contributed by atoms with Gasteiger partial charge in [0, 0.05) is 16.0 Å². The van der Waals surface area contributed by atoms with E-state index in [1.54, 1.807) is 0 Å². The fourth-order valence-electron chi connectivity index (χ4n) is 2.08. The molecule has 1 aliphatic rings. The average molecular weight is 257 g/mol. The molecular weight excluding hydrogens is 240 g/mol. The van der Waals surface area contributed by atoms with Crippen LogP contribution in [-0.2, 0) is 5.75 Å². The number of rotatable bonds is 3. The van der Waals surface area contributed by atoms with E-state index >= 15 is 0 Å². The van der Waals surface area contributed by atoms with E-state index in [2.05, 4.69) is 6.07 Å². The van der Waals surface area contributed by atoms with Crippen molar-refractivity contribution < 1.29 is 5.11 Å². The summed E-state index contributed by atoms with van der Waals surface area (Å²) in [5.74, 6) is 0.904. The van der Waals surface area contributed by atoms with Crippen molar-refractivity contribution >= 4 is 23.4 Å². The van der Waals surface area contributed by atoms with Gasteiger partial charge in [-0.3, -0.25) is 0 Å². The van der Waals surface area contributed by atoms with Gasteiger partial charge in [-0.1, -0.05) is 42.6 Å². The Balaban J connectivity index is 1.89. The minimum absolute atomic E-state index is 0.124. The number of halogens is 1. The summed E-state index contributed by atoms with van der Waals surface area (Å²) in [4.78, 5) is 0. The SMILES string of the molecule is O[C@@H]1CCCC[C@H]1SCc1ccccc1Cl.